The van der Waals surface area contributed by atoms with E-state index in [1.54, 1.807) is 7.11 Å². The van der Waals surface area contributed by atoms with Crippen LogP contribution in [0.15, 0.2) is 72.8 Å². The SMILES string of the molecule is COc1ccc(CN2CCN(C(=O)COc3cccc(C)c3)CC2)cc1OCc1ccccc1. The second-order valence-corrected chi connectivity index (χ2v) is 8.52. The van der Waals surface area contributed by atoms with E-state index in [2.05, 4.69) is 17.0 Å². The number of piperazine rings is 1. The van der Waals surface area contributed by atoms with Crippen LogP contribution in [0.3, 0.4) is 0 Å². The first-order valence-electron chi connectivity index (χ1n) is 11.6. The van der Waals surface area contributed by atoms with Gasteiger partial charge in [-0.05, 0) is 47.9 Å². The highest BCUT2D eigenvalue weighted by Crippen LogP contribution is 2.29. The van der Waals surface area contributed by atoms with E-state index in [0.717, 1.165) is 53.6 Å². The number of carbonyl (C=O) groups excluding carboxylic acids is 1. The third-order valence-electron chi connectivity index (χ3n) is 5.95. The molecule has 1 amide bonds. The molecule has 1 heterocycles. The van der Waals surface area contributed by atoms with Crippen molar-refractivity contribution in [1.82, 2.24) is 9.80 Å². The Morgan fingerprint density at radius 2 is 1.62 bits per heavy atom. The van der Waals surface area contributed by atoms with Crippen molar-refractivity contribution in [1.29, 1.82) is 0 Å². The predicted molar refractivity (Wildman–Crippen MR) is 132 cm³/mol. The Morgan fingerprint density at radius 1 is 0.824 bits per heavy atom. The predicted octanol–water partition coefficient (Wildman–Crippen LogP) is 4.31. The molecule has 0 aromatic heterocycles. The number of hydrogen-bond acceptors (Lipinski definition) is 5. The Kier molecular flexibility index (Phi) is 8.04. The zero-order valence-electron chi connectivity index (χ0n) is 19.9. The van der Waals surface area contributed by atoms with Crippen molar-refractivity contribution in [3.63, 3.8) is 0 Å². The van der Waals surface area contributed by atoms with Gasteiger partial charge in [-0.25, -0.2) is 0 Å². The summed E-state index contributed by atoms with van der Waals surface area (Å²) < 4.78 is 17.2. The first-order valence-corrected chi connectivity index (χ1v) is 11.6. The van der Waals surface area contributed by atoms with Crippen molar-refractivity contribution < 1.29 is 19.0 Å². The summed E-state index contributed by atoms with van der Waals surface area (Å²) in [6.45, 7) is 6.41. The van der Waals surface area contributed by atoms with Crippen LogP contribution in [0, 0.1) is 6.92 Å². The smallest absolute Gasteiger partial charge is 0.260 e. The number of rotatable bonds is 9. The van der Waals surface area contributed by atoms with E-state index in [1.807, 2.05) is 72.5 Å². The second-order valence-electron chi connectivity index (χ2n) is 8.52. The van der Waals surface area contributed by atoms with Crippen LogP contribution in [0.25, 0.3) is 0 Å². The molecule has 178 valence electrons. The maximum absolute atomic E-state index is 12.6. The molecule has 1 saturated heterocycles. The number of aryl methyl sites for hydroxylation is 1. The molecule has 1 aliphatic rings. The summed E-state index contributed by atoms with van der Waals surface area (Å²) >= 11 is 0. The molecule has 0 spiro atoms. The Balaban J connectivity index is 1.27. The van der Waals surface area contributed by atoms with Gasteiger partial charge in [-0.2, -0.15) is 0 Å². The molecule has 1 fully saturated rings. The van der Waals surface area contributed by atoms with E-state index < -0.39 is 0 Å². The zero-order chi connectivity index (χ0) is 23.8. The minimum atomic E-state index is 0.0298. The van der Waals surface area contributed by atoms with Crippen LogP contribution in [-0.4, -0.2) is 55.6 Å². The van der Waals surface area contributed by atoms with E-state index in [1.165, 1.54) is 0 Å². The lowest BCUT2D eigenvalue weighted by molar-refractivity contribution is -0.135. The molecule has 6 nitrogen and oxygen atoms in total. The summed E-state index contributed by atoms with van der Waals surface area (Å²) in [5.74, 6) is 2.23. The third-order valence-corrected chi connectivity index (χ3v) is 5.95. The maximum Gasteiger partial charge on any atom is 0.260 e. The summed E-state index contributed by atoms with van der Waals surface area (Å²) in [6, 6.07) is 23.9. The van der Waals surface area contributed by atoms with Crippen molar-refractivity contribution in [2.45, 2.75) is 20.1 Å². The number of benzene rings is 3. The molecule has 0 unspecified atom stereocenters. The van der Waals surface area contributed by atoms with Crippen molar-refractivity contribution in [3.8, 4) is 17.2 Å². The van der Waals surface area contributed by atoms with Crippen LogP contribution in [0.4, 0.5) is 0 Å². The van der Waals surface area contributed by atoms with Gasteiger partial charge in [0.1, 0.15) is 12.4 Å². The normalized spacial score (nSPS) is 14.0. The summed E-state index contributed by atoms with van der Waals surface area (Å²) in [7, 11) is 1.66. The van der Waals surface area contributed by atoms with Crippen LogP contribution in [0.5, 0.6) is 17.2 Å². The van der Waals surface area contributed by atoms with Crippen LogP contribution in [0.2, 0.25) is 0 Å². The van der Waals surface area contributed by atoms with Gasteiger partial charge in [0, 0.05) is 32.7 Å². The van der Waals surface area contributed by atoms with Crippen LogP contribution >= 0.6 is 0 Å². The van der Waals surface area contributed by atoms with Gasteiger partial charge in [0.25, 0.3) is 5.91 Å². The average Bonchev–Trinajstić information content (AvgIpc) is 2.87. The number of ether oxygens (including phenoxy) is 3. The molecule has 3 aromatic carbocycles. The summed E-state index contributed by atoms with van der Waals surface area (Å²) in [4.78, 5) is 16.8. The Bertz CT molecular complexity index is 1080. The largest absolute Gasteiger partial charge is 0.493 e. The summed E-state index contributed by atoms with van der Waals surface area (Å²) in [6.07, 6.45) is 0. The highest BCUT2D eigenvalue weighted by molar-refractivity contribution is 5.77. The van der Waals surface area contributed by atoms with Crippen molar-refractivity contribution >= 4 is 5.91 Å². The summed E-state index contributed by atoms with van der Waals surface area (Å²) in [5, 5.41) is 0. The maximum atomic E-state index is 12.6. The molecule has 3 aromatic rings. The van der Waals surface area contributed by atoms with E-state index in [0.29, 0.717) is 19.7 Å². The van der Waals surface area contributed by atoms with Crippen molar-refractivity contribution in [3.05, 3.63) is 89.5 Å². The standard InChI is InChI=1S/C28H32N2O4/c1-22-7-6-10-25(17-22)33-21-28(31)30-15-13-29(14-16-30)19-24-11-12-26(32-2)27(18-24)34-20-23-8-4-3-5-9-23/h3-12,17-18H,13-16,19-21H2,1-2H3. The molecule has 4 rings (SSSR count). The summed E-state index contributed by atoms with van der Waals surface area (Å²) in [5.41, 5.74) is 3.39. The molecule has 0 atom stereocenters. The van der Waals surface area contributed by atoms with Crippen LogP contribution in [0.1, 0.15) is 16.7 Å². The molecule has 0 aliphatic carbocycles. The van der Waals surface area contributed by atoms with Crippen LogP contribution < -0.4 is 14.2 Å². The molecular weight excluding hydrogens is 428 g/mol. The molecular formula is C28H32N2O4. The molecule has 1 aliphatic heterocycles. The fourth-order valence-corrected chi connectivity index (χ4v) is 4.02. The number of methoxy groups -OCH3 is 1. The second kappa shape index (κ2) is 11.6. The van der Waals surface area contributed by atoms with Crippen molar-refractivity contribution in [2.75, 3.05) is 39.9 Å². The first kappa shape index (κ1) is 23.6. The molecule has 34 heavy (non-hydrogen) atoms. The van der Waals surface area contributed by atoms with Gasteiger partial charge < -0.3 is 19.1 Å². The first-order chi connectivity index (χ1) is 16.6. The Hall–Kier alpha value is -3.51. The number of nitrogens with zero attached hydrogens (tertiary/aromatic N) is 2. The molecule has 0 saturated carbocycles. The third kappa shape index (κ3) is 6.51. The van der Waals surface area contributed by atoms with Gasteiger partial charge in [-0.15, -0.1) is 0 Å². The monoisotopic (exact) mass is 460 g/mol. The number of carbonyl (C=O) groups is 1. The lowest BCUT2D eigenvalue weighted by Gasteiger charge is -2.34. The molecule has 6 heteroatoms. The fraction of sp³-hybridized carbons (Fsp3) is 0.321. The van der Waals surface area contributed by atoms with E-state index in [9.17, 15) is 4.79 Å². The van der Waals surface area contributed by atoms with Gasteiger partial charge in [0.2, 0.25) is 0 Å². The molecule has 0 radical (unpaired) electrons. The van der Waals surface area contributed by atoms with Gasteiger partial charge in [-0.1, -0.05) is 48.5 Å². The zero-order valence-corrected chi connectivity index (χ0v) is 19.9. The highest BCUT2D eigenvalue weighted by Gasteiger charge is 2.22. The van der Waals surface area contributed by atoms with Crippen molar-refractivity contribution in [2.24, 2.45) is 0 Å². The van der Waals surface area contributed by atoms with E-state index >= 15 is 0 Å². The highest BCUT2D eigenvalue weighted by atomic mass is 16.5. The minimum absolute atomic E-state index is 0.0298. The fourth-order valence-electron chi connectivity index (χ4n) is 4.02. The lowest BCUT2D eigenvalue weighted by atomic mass is 10.1. The lowest BCUT2D eigenvalue weighted by Crippen LogP contribution is -2.49. The van der Waals surface area contributed by atoms with E-state index in [4.69, 9.17) is 14.2 Å². The van der Waals surface area contributed by atoms with Crippen LogP contribution in [-0.2, 0) is 17.9 Å². The minimum Gasteiger partial charge on any atom is -0.493 e. The molecule has 0 bridgehead atoms. The van der Waals surface area contributed by atoms with Gasteiger partial charge in [-0.3, -0.25) is 9.69 Å². The molecule has 0 N–H and O–H groups in total. The topological polar surface area (TPSA) is 51.2 Å². The Labute approximate surface area is 201 Å². The van der Waals surface area contributed by atoms with Gasteiger partial charge in [0.15, 0.2) is 18.1 Å². The van der Waals surface area contributed by atoms with Gasteiger partial charge >= 0.3 is 0 Å². The average molecular weight is 461 g/mol. The number of amides is 1. The quantitative estimate of drug-likeness (QED) is 0.476. The van der Waals surface area contributed by atoms with E-state index in [-0.39, 0.29) is 12.5 Å². The Morgan fingerprint density at radius 3 is 2.35 bits per heavy atom. The number of hydrogen-bond donors (Lipinski definition) is 0. The van der Waals surface area contributed by atoms with Gasteiger partial charge in [0.05, 0.1) is 7.11 Å².